The van der Waals surface area contributed by atoms with Gasteiger partial charge in [0, 0.05) is 10.9 Å². The van der Waals surface area contributed by atoms with Gasteiger partial charge in [0.05, 0.1) is 17.6 Å². The fourth-order valence-corrected chi connectivity index (χ4v) is 2.92. The lowest BCUT2D eigenvalue weighted by Gasteiger charge is -2.12. The summed E-state index contributed by atoms with van der Waals surface area (Å²) in [5.74, 6) is 1.25. The Hall–Kier alpha value is -2.27. The summed E-state index contributed by atoms with van der Waals surface area (Å²) in [6, 6.07) is 14.7. The summed E-state index contributed by atoms with van der Waals surface area (Å²) in [5, 5.41) is 3.97. The van der Waals surface area contributed by atoms with Gasteiger partial charge in [-0.3, -0.25) is 4.79 Å². The van der Waals surface area contributed by atoms with E-state index < -0.39 is 0 Å². The van der Waals surface area contributed by atoms with Crippen LogP contribution in [0.1, 0.15) is 29.1 Å². The van der Waals surface area contributed by atoms with Gasteiger partial charge in [0.2, 0.25) is 0 Å². The van der Waals surface area contributed by atoms with Crippen LogP contribution in [-0.2, 0) is 0 Å². The lowest BCUT2D eigenvalue weighted by molar-refractivity contribution is 0.0935. The highest BCUT2D eigenvalue weighted by Gasteiger charge is 2.16. The summed E-state index contributed by atoms with van der Waals surface area (Å²) in [4.78, 5) is 12.4. The van der Waals surface area contributed by atoms with E-state index in [0.29, 0.717) is 11.3 Å². The van der Waals surface area contributed by atoms with E-state index in [9.17, 15) is 4.79 Å². The number of furan rings is 1. The van der Waals surface area contributed by atoms with Gasteiger partial charge in [-0.1, -0.05) is 18.2 Å². The first kappa shape index (κ1) is 15.6. The lowest BCUT2D eigenvalue weighted by Crippen LogP contribution is -2.26. The number of amides is 1. The van der Waals surface area contributed by atoms with Crippen molar-refractivity contribution in [2.45, 2.75) is 13.0 Å². The number of methoxy groups -OCH3 is 1. The number of carbonyl (C=O) groups excluding carboxylic acids is 1. The maximum Gasteiger partial charge on any atom is 0.251 e. The molecular formula is C18H16BrNO3. The molecule has 0 unspecified atom stereocenters. The molecule has 0 fully saturated rings. The summed E-state index contributed by atoms with van der Waals surface area (Å²) in [6.45, 7) is 1.90. The fraction of sp³-hybridized carbons (Fsp3) is 0.167. The van der Waals surface area contributed by atoms with Crippen LogP contribution < -0.4 is 10.1 Å². The molecule has 1 amide bonds. The molecule has 5 heteroatoms. The minimum Gasteiger partial charge on any atom is -0.496 e. The molecule has 1 atom stereocenters. The number of rotatable bonds is 4. The topological polar surface area (TPSA) is 51.5 Å². The number of carbonyl (C=O) groups is 1. The van der Waals surface area contributed by atoms with Gasteiger partial charge in [-0.15, -0.1) is 0 Å². The van der Waals surface area contributed by atoms with Gasteiger partial charge in [0.1, 0.15) is 17.1 Å². The highest BCUT2D eigenvalue weighted by atomic mass is 79.9. The molecule has 23 heavy (non-hydrogen) atoms. The van der Waals surface area contributed by atoms with Crippen molar-refractivity contribution < 1.29 is 13.9 Å². The molecule has 3 aromatic rings. The Bertz CT molecular complexity index is 823. The van der Waals surface area contributed by atoms with Crippen LogP contribution in [0.15, 0.2) is 57.4 Å². The highest BCUT2D eigenvalue weighted by molar-refractivity contribution is 9.10. The second-order valence-corrected chi connectivity index (χ2v) is 6.09. The van der Waals surface area contributed by atoms with Crippen LogP contribution in [0.2, 0.25) is 0 Å². The lowest BCUT2D eigenvalue weighted by atomic mass is 10.1. The summed E-state index contributed by atoms with van der Waals surface area (Å²) < 4.78 is 11.7. The van der Waals surface area contributed by atoms with Crippen molar-refractivity contribution in [3.8, 4) is 5.75 Å². The van der Waals surface area contributed by atoms with Crippen LogP contribution in [0, 0.1) is 0 Å². The molecule has 0 spiro atoms. The minimum atomic E-state index is -0.226. The number of ether oxygens (including phenoxy) is 1. The summed E-state index contributed by atoms with van der Waals surface area (Å²) in [5.41, 5.74) is 1.37. The molecule has 0 bridgehead atoms. The normalized spacial score (nSPS) is 12.1. The Morgan fingerprint density at radius 1 is 1.22 bits per heavy atom. The van der Waals surface area contributed by atoms with E-state index in [1.54, 1.807) is 25.3 Å². The Morgan fingerprint density at radius 2 is 2.00 bits per heavy atom. The van der Waals surface area contributed by atoms with Crippen LogP contribution in [0.5, 0.6) is 5.75 Å². The zero-order chi connectivity index (χ0) is 16.4. The van der Waals surface area contributed by atoms with Crippen LogP contribution in [0.3, 0.4) is 0 Å². The largest absolute Gasteiger partial charge is 0.496 e. The Morgan fingerprint density at radius 3 is 2.70 bits per heavy atom. The summed E-state index contributed by atoms with van der Waals surface area (Å²) >= 11 is 3.39. The fourth-order valence-electron chi connectivity index (χ4n) is 2.37. The molecular weight excluding hydrogens is 358 g/mol. The van der Waals surface area contributed by atoms with Gasteiger partial charge >= 0.3 is 0 Å². The third kappa shape index (κ3) is 3.24. The van der Waals surface area contributed by atoms with E-state index in [1.165, 1.54) is 0 Å². The van der Waals surface area contributed by atoms with E-state index in [1.807, 2.05) is 37.3 Å². The second kappa shape index (κ2) is 6.46. The van der Waals surface area contributed by atoms with E-state index in [2.05, 4.69) is 21.2 Å². The number of nitrogens with one attached hydrogen (secondary N) is 1. The van der Waals surface area contributed by atoms with E-state index in [-0.39, 0.29) is 11.9 Å². The Labute approximate surface area is 142 Å². The van der Waals surface area contributed by atoms with Crippen molar-refractivity contribution in [2.75, 3.05) is 7.11 Å². The van der Waals surface area contributed by atoms with Gasteiger partial charge in [-0.05, 0) is 53.2 Å². The van der Waals surface area contributed by atoms with Gasteiger partial charge in [-0.25, -0.2) is 0 Å². The number of benzene rings is 2. The molecule has 2 aromatic carbocycles. The van der Waals surface area contributed by atoms with Gasteiger partial charge < -0.3 is 14.5 Å². The molecule has 3 rings (SSSR count). The van der Waals surface area contributed by atoms with E-state index in [4.69, 9.17) is 9.15 Å². The van der Waals surface area contributed by atoms with Crippen molar-refractivity contribution in [2.24, 2.45) is 0 Å². The summed E-state index contributed by atoms with van der Waals surface area (Å²) in [7, 11) is 1.59. The van der Waals surface area contributed by atoms with E-state index in [0.717, 1.165) is 21.2 Å². The molecule has 118 valence electrons. The van der Waals surface area contributed by atoms with Crippen LogP contribution in [0.25, 0.3) is 11.0 Å². The quantitative estimate of drug-likeness (QED) is 0.721. The van der Waals surface area contributed by atoms with Crippen LogP contribution in [0.4, 0.5) is 0 Å². The number of hydrogen-bond acceptors (Lipinski definition) is 3. The molecule has 0 saturated heterocycles. The van der Waals surface area contributed by atoms with Crippen molar-refractivity contribution >= 4 is 32.8 Å². The van der Waals surface area contributed by atoms with Gasteiger partial charge in [0.15, 0.2) is 0 Å². The number of halogens is 1. The highest BCUT2D eigenvalue weighted by Crippen LogP contribution is 2.27. The summed E-state index contributed by atoms with van der Waals surface area (Å²) in [6.07, 6.45) is 0. The Kier molecular flexibility index (Phi) is 4.39. The maximum absolute atomic E-state index is 12.4. The first-order valence-corrected chi connectivity index (χ1v) is 8.00. The zero-order valence-corrected chi connectivity index (χ0v) is 14.4. The maximum atomic E-state index is 12.4. The molecule has 1 aromatic heterocycles. The van der Waals surface area contributed by atoms with Gasteiger partial charge in [-0.2, -0.15) is 0 Å². The van der Waals surface area contributed by atoms with E-state index >= 15 is 0 Å². The number of fused-ring (bicyclic) bond motifs is 1. The third-order valence-corrected chi connectivity index (χ3v) is 4.25. The third-order valence-electron chi connectivity index (χ3n) is 3.63. The number of para-hydroxylation sites is 1. The van der Waals surface area contributed by atoms with Gasteiger partial charge in [0.25, 0.3) is 5.91 Å². The smallest absolute Gasteiger partial charge is 0.251 e. The monoisotopic (exact) mass is 373 g/mol. The molecule has 0 aliphatic rings. The zero-order valence-electron chi connectivity index (χ0n) is 12.8. The van der Waals surface area contributed by atoms with Crippen LogP contribution in [-0.4, -0.2) is 13.0 Å². The standard InChI is InChI=1S/C18H16BrNO3/c1-11(17-10-12-5-3-4-6-15(12)23-17)20-18(21)13-7-8-16(22-2)14(19)9-13/h3-11H,1-2H3,(H,20,21)/t11-/m0/s1. The van der Waals surface area contributed by atoms with Crippen molar-refractivity contribution in [1.82, 2.24) is 5.32 Å². The van der Waals surface area contributed by atoms with Crippen LogP contribution >= 0.6 is 15.9 Å². The minimum absolute atomic E-state index is 0.165. The molecule has 0 radical (unpaired) electrons. The molecule has 0 aliphatic carbocycles. The second-order valence-electron chi connectivity index (χ2n) is 5.23. The first-order chi connectivity index (χ1) is 11.1. The average molecular weight is 374 g/mol. The number of hydrogen-bond donors (Lipinski definition) is 1. The molecule has 0 saturated carbocycles. The molecule has 0 aliphatic heterocycles. The van der Waals surface area contributed by atoms with Crippen molar-refractivity contribution in [1.29, 1.82) is 0 Å². The Balaban J connectivity index is 1.77. The molecule has 1 heterocycles. The first-order valence-electron chi connectivity index (χ1n) is 7.21. The SMILES string of the molecule is COc1ccc(C(=O)N[C@@H](C)c2cc3ccccc3o2)cc1Br. The average Bonchev–Trinajstić information content (AvgIpc) is 2.99. The predicted molar refractivity (Wildman–Crippen MR) is 92.8 cm³/mol. The van der Waals surface area contributed by atoms with Crippen molar-refractivity contribution in [3.63, 3.8) is 0 Å². The van der Waals surface area contributed by atoms with Crippen molar-refractivity contribution in [3.05, 3.63) is 64.3 Å². The molecule has 4 nitrogen and oxygen atoms in total. The molecule has 1 N–H and O–H groups in total. The predicted octanol–water partition coefficient (Wildman–Crippen LogP) is 4.69.